The minimum Gasteiger partial charge on any atom is -0.310 e. The normalized spacial score (nSPS) is 11.4. The molecule has 0 saturated carbocycles. The molecular formula is C58H39N. The highest BCUT2D eigenvalue weighted by Gasteiger charge is 2.21. The summed E-state index contributed by atoms with van der Waals surface area (Å²) < 4.78 is 0. The summed E-state index contributed by atoms with van der Waals surface area (Å²) in [5, 5.41) is 10.1. The molecule has 59 heavy (non-hydrogen) atoms. The van der Waals surface area contributed by atoms with Gasteiger partial charge in [0, 0.05) is 16.9 Å². The molecule has 0 aliphatic heterocycles. The molecule has 0 aliphatic carbocycles. The van der Waals surface area contributed by atoms with Crippen LogP contribution in [0.3, 0.4) is 0 Å². The van der Waals surface area contributed by atoms with Crippen molar-refractivity contribution in [2.24, 2.45) is 0 Å². The van der Waals surface area contributed by atoms with Gasteiger partial charge in [-0.15, -0.1) is 0 Å². The Bertz CT molecular complexity index is 3310. The van der Waals surface area contributed by atoms with Crippen LogP contribution in [0, 0.1) is 0 Å². The van der Waals surface area contributed by atoms with E-state index in [0.717, 1.165) is 17.1 Å². The molecule has 11 aromatic rings. The molecule has 0 atom stereocenters. The first kappa shape index (κ1) is 34.5. The van der Waals surface area contributed by atoms with Crippen molar-refractivity contribution in [3.8, 4) is 44.5 Å². The van der Waals surface area contributed by atoms with Crippen molar-refractivity contribution in [1.29, 1.82) is 0 Å². The first-order valence-corrected chi connectivity index (χ1v) is 20.3. The maximum absolute atomic E-state index is 2.43. The lowest BCUT2D eigenvalue weighted by Gasteiger charge is -2.29. The molecule has 1 heteroatoms. The molecule has 0 aliphatic rings. The van der Waals surface area contributed by atoms with Gasteiger partial charge in [0.15, 0.2) is 0 Å². The van der Waals surface area contributed by atoms with Crippen molar-refractivity contribution in [2.75, 3.05) is 4.90 Å². The van der Waals surface area contributed by atoms with Crippen LogP contribution in [0.5, 0.6) is 0 Å². The zero-order valence-electron chi connectivity index (χ0n) is 32.5. The molecule has 1 nitrogen and oxygen atoms in total. The topological polar surface area (TPSA) is 3.24 Å². The molecule has 0 N–H and O–H groups in total. The molecule has 0 aromatic heterocycles. The van der Waals surface area contributed by atoms with E-state index >= 15 is 0 Å². The smallest absolute Gasteiger partial charge is 0.0540 e. The minimum atomic E-state index is 1.09. The number of nitrogens with zero attached hydrogens (tertiary/aromatic N) is 1. The molecule has 0 amide bonds. The van der Waals surface area contributed by atoms with Gasteiger partial charge >= 0.3 is 0 Å². The van der Waals surface area contributed by atoms with Gasteiger partial charge in [0.1, 0.15) is 0 Å². The van der Waals surface area contributed by atoms with E-state index in [-0.39, 0.29) is 0 Å². The number of hydrogen-bond acceptors (Lipinski definition) is 1. The third-order valence-electron chi connectivity index (χ3n) is 11.9. The molecule has 276 valence electrons. The van der Waals surface area contributed by atoms with Crippen molar-refractivity contribution in [3.63, 3.8) is 0 Å². The maximum Gasteiger partial charge on any atom is 0.0540 e. The minimum absolute atomic E-state index is 1.09. The lowest BCUT2D eigenvalue weighted by Crippen LogP contribution is -2.11. The zero-order valence-corrected chi connectivity index (χ0v) is 32.5. The van der Waals surface area contributed by atoms with Crippen LogP contribution in [0.1, 0.15) is 0 Å². The van der Waals surface area contributed by atoms with E-state index in [9.17, 15) is 0 Å². The average Bonchev–Trinajstić information content (AvgIpc) is 3.32. The largest absolute Gasteiger partial charge is 0.310 e. The number of para-hydroxylation sites is 1. The summed E-state index contributed by atoms with van der Waals surface area (Å²) in [5.74, 6) is 0. The molecule has 0 fully saturated rings. The molecule has 0 unspecified atom stereocenters. The third-order valence-corrected chi connectivity index (χ3v) is 11.9. The Labute approximate surface area is 344 Å². The Hall–Kier alpha value is -7.74. The van der Waals surface area contributed by atoms with Gasteiger partial charge in [0.2, 0.25) is 0 Å². The first-order valence-electron chi connectivity index (χ1n) is 20.3. The van der Waals surface area contributed by atoms with E-state index in [0.29, 0.717) is 0 Å². The van der Waals surface area contributed by atoms with Gasteiger partial charge in [-0.1, -0.05) is 206 Å². The summed E-state index contributed by atoms with van der Waals surface area (Å²) in [4.78, 5) is 2.43. The number of hydrogen-bond donors (Lipinski definition) is 0. The number of rotatable bonds is 7. The Morgan fingerprint density at radius 2 is 0.712 bits per heavy atom. The summed E-state index contributed by atoms with van der Waals surface area (Å²) in [5.41, 5.74) is 12.9. The lowest BCUT2D eigenvalue weighted by molar-refractivity contribution is 1.28. The van der Waals surface area contributed by atoms with Crippen molar-refractivity contribution < 1.29 is 0 Å². The highest BCUT2D eigenvalue weighted by molar-refractivity contribution is 6.19. The van der Waals surface area contributed by atoms with Gasteiger partial charge in [0.25, 0.3) is 0 Å². The molecule has 11 aromatic carbocycles. The molecule has 0 saturated heterocycles. The molecular weight excluding hydrogens is 711 g/mol. The van der Waals surface area contributed by atoms with Gasteiger partial charge in [-0.25, -0.2) is 0 Å². The van der Waals surface area contributed by atoms with Crippen LogP contribution in [-0.2, 0) is 0 Å². The second-order valence-electron chi connectivity index (χ2n) is 15.2. The fraction of sp³-hybridized carbons (Fsp3) is 0. The maximum atomic E-state index is 2.43. The summed E-state index contributed by atoms with van der Waals surface area (Å²) in [6.45, 7) is 0. The van der Waals surface area contributed by atoms with E-state index in [1.54, 1.807) is 0 Å². The second-order valence-corrected chi connectivity index (χ2v) is 15.2. The fourth-order valence-electron chi connectivity index (χ4n) is 9.07. The quantitative estimate of drug-likeness (QED) is 0.147. The van der Waals surface area contributed by atoms with Gasteiger partial charge in [-0.3, -0.25) is 0 Å². The van der Waals surface area contributed by atoms with Crippen LogP contribution in [-0.4, -0.2) is 0 Å². The summed E-state index contributed by atoms with van der Waals surface area (Å²) >= 11 is 0. The highest BCUT2D eigenvalue weighted by atomic mass is 15.1. The molecule has 11 rings (SSSR count). The van der Waals surface area contributed by atoms with E-state index < -0.39 is 0 Å². The van der Waals surface area contributed by atoms with Crippen LogP contribution >= 0.6 is 0 Å². The van der Waals surface area contributed by atoms with Crippen molar-refractivity contribution in [2.45, 2.75) is 0 Å². The Morgan fingerprint density at radius 1 is 0.220 bits per heavy atom. The van der Waals surface area contributed by atoms with Crippen molar-refractivity contribution >= 4 is 60.2 Å². The zero-order chi connectivity index (χ0) is 39.1. The Morgan fingerprint density at radius 3 is 1.51 bits per heavy atom. The van der Waals surface area contributed by atoms with Crippen molar-refractivity contribution in [1.82, 2.24) is 0 Å². The SMILES string of the molecule is c1ccc(-c2ccc(N(c3ccc(-c4cccc5c4ccc4c6ccccc6ccc54)c(-c4ccccc4)c3)c3ccccc3-c3cccc4ccccc34)cc2)cc1. The number of benzene rings is 11. The molecule has 0 radical (unpaired) electrons. The number of anilines is 3. The van der Waals surface area contributed by atoms with Gasteiger partial charge in [0.05, 0.1) is 5.69 Å². The Balaban J connectivity index is 1.14. The standard InChI is InChI=1S/C58H39N/c1-3-15-40(16-4-1)41-29-32-45(33-30-41)59(58-28-12-11-24-56(58)49-25-13-21-42-19-7-9-22-47(42)49)46-34-36-55(57(39-46)43-17-5-2-6-18-43)51-27-14-26-50-53-35-31-44-20-8-10-23-48(44)52(53)37-38-54(50)51/h1-39H. The summed E-state index contributed by atoms with van der Waals surface area (Å²) in [6.07, 6.45) is 0. The van der Waals surface area contributed by atoms with Crippen LogP contribution < -0.4 is 4.90 Å². The molecule has 0 spiro atoms. The second kappa shape index (κ2) is 14.6. The van der Waals surface area contributed by atoms with Crippen LogP contribution in [0.2, 0.25) is 0 Å². The van der Waals surface area contributed by atoms with E-state index in [2.05, 4.69) is 241 Å². The predicted molar refractivity (Wildman–Crippen MR) is 253 cm³/mol. The van der Waals surface area contributed by atoms with E-state index in [1.807, 2.05) is 0 Å². The van der Waals surface area contributed by atoms with Gasteiger partial charge in [-0.2, -0.15) is 0 Å². The van der Waals surface area contributed by atoms with Crippen LogP contribution in [0.15, 0.2) is 237 Å². The lowest BCUT2D eigenvalue weighted by atomic mass is 9.88. The van der Waals surface area contributed by atoms with Gasteiger partial charge in [-0.05, 0) is 112 Å². The fourth-order valence-corrected chi connectivity index (χ4v) is 9.07. The highest BCUT2D eigenvalue weighted by Crippen LogP contribution is 2.46. The van der Waals surface area contributed by atoms with Crippen molar-refractivity contribution in [3.05, 3.63) is 237 Å². The van der Waals surface area contributed by atoms with E-state index in [4.69, 9.17) is 0 Å². The predicted octanol–water partition coefficient (Wildman–Crippen LogP) is 16.4. The monoisotopic (exact) mass is 749 g/mol. The summed E-state index contributed by atoms with van der Waals surface area (Å²) in [6, 6.07) is 86.3. The Kier molecular flexibility index (Phi) is 8.56. The molecule has 0 heterocycles. The van der Waals surface area contributed by atoms with Gasteiger partial charge < -0.3 is 4.90 Å². The third kappa shape index (κ3) is 6.12. The van der Waals surface area contributed by atoms with E-state index in [1.165, 1.54) is 87.6 Å². The first-order chi connectivity index (χ1) is 29.3. The average molecular weight is 750 g/mol. The number of fused-ring (bicyclic) bond motifs is 6. The summed E-state index contributed by atoms with van der Waals surface area (Å²) in [7, 11) is 0. The van der Waals surface area contributed by atoms with Crippen LogP contribution in [0.25, 0.3) is 87.6 Å². The van der Waals surface area contributed by atoms with Crippen LogP contribution in [0.4, 0.5) is 17.1 Å². The molecule has 0 bridgehead atoms.